The van der Waals surface area contributed by atoms with Crippen LogP contribution in [0.25, 0.3) is 0 Å². The summed E-state index contributed by atoms with van der Waals surface area (Å²) in [4.78, 5) is 0. The number of nitrogens with one attached hydrogen (secondary N) is 1. The smallest absolute Gasteiger partial charge is 0.231 e. The number of ether oxygens (including phenoxy) is 3. The van der Waals surface area contributed by atoms with Gasteiger partial charge in [-0.2, -0.15) is 0 Å². The summed E-state index contributed by atoms with van der Waals surface area (Å²) in [5, 5.41) is 3.49. The van der Waals surface area contributed by atoms with Crippen molar-refractivity contribution < 1.29 is 14.2 Å². The van der Waals surface area contributed by atoms with Crippen molar-refractivity contribution in [2.75, 3.05) is 20.4 Å². The van der Waals surface area contributed by atoms with Crippen LogP contribution in [0.4, 0.5) is 0 Å². The third-order valence-electron chi connectivity index (χ3n) is 3.64. The fourth-order valence-electron chi connectivity index (χ4n) is 2.28. The van der Waals surface area contributed by atoms with E-state index in [0.717, 1.165) is 36.1 Å². The summed E-state index contributed by atoms with van der Waals surface area (Å²) in [5.74, 6) is 2.98. The van der Waals surface area contributed by atoms with Gasteiger partial charge in [-0.25, -0.2) is 0 Å². The quantitative estimate of drug-likeness (QED) is 0.823. The lowest BCUT2D eigenvalue weighted by molar-refractivity contribution is 0.171. The van der Waals surface area contributed by atoms with E-state index in [4.69, 9.17) is 14.2 Å². The van der Waals surface area contributed by atoms with Gasteiger partial charge in [0.05, 0.1) is 7.11 Å². The SMILES string of the molecule is CCC(CC)CNCc1cc(OC)c2c(c1)OCO2. The molecule has 0 aliphatic carbocycles. The number of fused-ring (bicyclic) bond motifs is 1. The molecular weight excluding hydrogens is 242 g/mol. The van der Waals surface area contributed by atoms with Crippen molar-refractivity contribution in [3.8, 4) is 17.2 Å². The second-order valence-electron chi connectivity index (χ2n) is 4.85. The largest absolute Gasteiger partial charge is 0.493 e. The number of benzene rings is 1. The zero-order valence-corrected chi connectivity index (χ0v) is 12.0. The first-order valence-electron chi connectivity index (χ1n) is 6.95. The van der Waals surface area contributed by atoms with E-state index >= 15 is 0 Å². The van der Waals surface area contributed by atoms with E-state index in [0.29, 0.717) is 5.75 Å². The van der Waals surface area contributed by atoms with Crippen LogP contribution in [0.1, 0.15) is 32.3 Å². The number of hydrogen-bond donors (Lipinski definition) is 1. The molecule has 0 bridgehead atoms. The maximum absolute atomic E-state index is 5.42. The minimum atomic E-state index is 0.274. The van der Waals surface area contributed by atoms with Gasteiger partial charge >= 0.3 is 0 Å². The lowest BCUT2D eigenvalue weighted by atomic mass is 10.0. The molecule has 0 atom stereocenters. The van der Waals surface area contributed by atoms with E-state index in [-0.39, 0.29) is 6.79 Å². The summed E-state index contributed by atoms with van der Waals surface area (Å²) in [5.41, 5.74) is 1.16. The Bertz CT molecular complexity index is 416. The van der Waals surface area contributed by atoms with E-state index < -0.39 is 0 Å². The standard InChI is InChI=1S/C15H23NO3/c1-4-11(5-2)8-16-9-12-6-13(17-3)15-14(7-12)18-10-19-15/h6-7,11,16H,4-5,8-10H2,1-3H3. The molecule has 19 heavy (non-hydrogen) atoms. The number of hydrogen-bond acceptors (Lipinski definition) is 4. The molecule has 0 spiro atoms. The van der Waals surface area contributed by atoms with Gasteiger partial charge in [-0.1, -0.05) is 26.7 Å². The molecule has 0 aromatic heterocycles. The highest BCUT2D eigenvalue weighted by atomic mass is 16.7. The van der Waals surface area contributed by atoms with Gasteiger partial charge in [0.25, 0.3) is 0 Å². The average Bonchev–Trinajstić information content (AvgIpc) is 2.91. The van der Waals surface area contributed by atoms with Crippen molar-refractivity contribution in [3.63, 3.8) is 0 Å². The van der Waals surface area contributed by atoms with Crippen molar-refractivity contribution in [2.24, 2.45) is 5.92 Å². The molecule has 0 amide bonds. The molecule has 1 aliphatic heterocycles. The number of rotatable bonds is 7. The van der Waals surface area contributed by atoms with Gasteiger partial charge in [-0.15, -0.1) is 0 Å². The van der Waals surface area contributed by atoms with Crippen LogP contribution in [0.5, 0.6) is 17.2 Å². The Balaban J connectivity index is 1.97. The topological polar surface area (TPSA) is 39.7 Å². The molecule has 4 heteroatoms. The second kappa shape index (κ2) is 6.66. The molecule has 0 saturated carbocycles. The second-order valence-corrected chi connectivity index (χ2v) is 4.85. The van der Waals surface area contributed by atoms with E-state index in [9.17, 15) is 0 Å². The summed E-state index contributed by atoms with van der Waals surface area (Å²) >= 11 is 0. The van der Waals surface area contributed by atoms with Crippen LogP contribution in [0.2, 0.25) is 0 Å². The van der Waals surface area contributed by atoms with Crippen LogP contribution in [0.3, 0.4) is 0 Å². The lowest BCUT2D eigenvalue weighted by Gasteiger charge is -2.14. The Hall–Kier alpha value is -1.42. The number of methoxy groups -OCH3 is 1. The van der Waals surface area contributed by atoms with Gasteiger partial charge in [-0.3, -0.25) is 0 Å². The molecule has 1 aromatic rings. The Labute approximate surface area is 115 Å². The average molecular weight is 265 g/mol. The Morgan fingerprint density at radius 2 is 2.05 bits per heavy atom. The molecule has 1 aromatic carbocycles. The summed E-state index contributed by atoms with van der Waals surface area (Å²) in [6, 6.07) is 4.03. The van der Waals surface area contributed by atoms with Gasteiger partial charge in [0, 0.05) is 6.54 Å². The predicted octanol–water partition coefficient (Wildman–Crippen LogP) is 2.95. The summed E-state index contributed by atoms with van der Waals surface area (Å²) in [6.07, 6.45) is 2.43. The molecule has 0 saturated heterocycles. The Morgan fingerprint density at radius 3 is 2.74 bits per heavy atom. The van der Waals surface area contributed by atoms with Gasteiger partial charge in [0.2, 0.25) is 12.5 Å². The summed E-state index contributed by atoms with van der Waals surface area (Å²) in [6.45, 7) is 6.61. The zero-order chi connectivity index (χ0) is 13.7. The van der Waals surface area contributed by atoms with Crippen molar-refractivity contribution >= 4 is 0 Å². The normalized spacial score (nSPS) is 13.1. The van der Waals surface area contributed by atoms with Crippen LogP contribution in [-0.2, 0) is 6.54 Å². The fraction of sp³-hybridized carbons (Fsp3) is 0.600. The maximum Gasteiger partial charge on any atom is 0.231 e. The zero-order valence-electron chi connectivity index (χ0n) is 12.0. The summed E-state index contributed by atoms with van der Waals surface area (Å²) < 4.78 is 16.1. The first-order valence-corrected chi connectivity index (χ1v) is 6.95. The van der Waals surface area contributed by atoms with Crippen molar-refractivity contribution in [3.05, 3.63) is 17.7 Å². The molecule has 4 nitrogen and oxygen atoms in total. The maximum atomic E-state index is 5.42. The van der Waals surface area contributed by atoms with Gasteiger partial charge in [0.15, 0.2) is 11.5 Å². The summed E-state index contributed by atoms with van der Waals surface area (Å²) in [7, 11) is 1.65. The highest BCUT2D eigenvalue weighted by Gasteiger charge is 2.19. The molecule has 0 radical (unpaired) electrons. The highest BCUT2D eigenvalue weighted by Crippen LogP contribution is 2.41. The van der Waals surface area contributed by atoms with Crippen LogP contribution < -0.4 is 19.5 Å². The molecule has 0 unspecified atom stereocenters. The lowest BCUT2D eigenvalue weighted by Crippen LogP contribution is -2.21. The predicted molar refractivity (Wildman–Crippen MR) is 74.9 cm³/mol. The van der Waals surface area contributed by atoms with Crippen molar-refractivity contribution in [1.29, 1.82) is 0 Å². The van der Waals surface area contributed by atoms with Crippen LogP contribution in [0, 0.1) is 5.92 Å². The minimum Gasteiger partial charge on any atom is -0.493 e. The van der Waals surface area contributed by atoms with E-state index in [1.165, 1.54) is 12.8 Å². The molecule has 1 aliphatic rings. The third kappa shape index (κ3) is 3.32. The van der Waals surface area contributed by atoms with Crippen LogP contribution in [0.15, 0.2) is 12.1 Å². The third-order valence-corrected chi connectivity index (χ3v) is 3.64. The fourth-order valence-corrected chi connectivity index (χ4v) is 2.28. The van der Waals surface area contributed by atoms with E-state index in [2.05, 4.69) is 19.2 Å². The van der Waals surface area contributed by atoms with E-state index in [1.54, 1.807) is 7.11 Å². The highest BCUT2D eigenvalue weighted by molar-refractivity contribution is 5.55. The monoisotopic (exact) mass is 265 g/mol. The minimum absolute atomic E-state index is 0.274. The Morgan fingerprint density at radius 1 is 1.26 bits per heavy atom. The van der Waals surface area contributed by atoms with Gasteiger partial charge in [-0.05, 0) is 30.2 Å². The molecule has 1 N–H and O–H groups in total. The van der Waals surface area contributed by atoms with Gasteiger partial charge < -0.3 is 19.5 Å². The van der Waals surface area contributed by atoms with Crippen LogP contribution >= 0.6 is 0 Å². The van der Waals surface area contributed by atoms with Gasteiger partial charge in [0.1, 0.15) is 0 Å². The van der Waals surface area contributed by atoms with Crippen molar-refractivity contribution in [2.45, 2.75) is 33.2 Å². The molecule has 0 fully saturated rings. The molecule has 106 valence electrons. The van der Waals surface area contributed by atoms with Crippen molar-refractivity contribution in [1.82, 2.24) is 5.32 Å². The van der Waals surface area contributed by atoms with E-state index in [1.807, 2.05) is 12.1 Å². The molecule has 1 heterocycles. The molecular formula is C15H23NO3. The first kappa shape index (κ1) is 14.0. The van der Waals surface area contributed by atoms with Crippen LogP contribution in [-0.4, -0.2) is 20.4 Å². The first-order chi connectivity index (χ1) is 9.28. The Kier molecular flexibility index (Phi) is 4.91. The molecule has 2 rings (SSSR count).